The molecule has 0 saturated heterocycles. The molecule has 1 heterocycles. The Morgan fingerprint density at radius 3 is 2.50 bits per heavy atom. The fourth-order valence-electron chi connectivity index (χ4n) is 1.38. The Morgan fingerprint density at radius 1 is 1.38 bits per heavy atom. The van der Waals surface area contributed by atoms with Gasteiger partial charge in [-0.1, -0.05) is 23.7 Å². The maximum absolute atomic E-state index is 10.4. The quantitative estimate of drug-likeness (QED) is 0.913. The Balaban J connectivity index is 2.42. The zero-order valence-electron chi connectivity index (χ0n) is 8.45. The third-order valence-corrected chi connectivity index (χ3v) is 4.31. The van der Waals surface area contributed by atoms with E-state index in [0.29, 0.717) is 10.0 Å². The molecule has 1 atom stereocenters. The van der Waals surface area contributed by atoms with Crippen molar-refractivity contribution in [2.45, 2.75) is 12.5 Å². The van der Waals surface area contributed by atoms with Crippen LogP contribution in [0.3, 0.4) is 0 Å². The number of rotatable bonds is 2. The first-order chi connectivity index (χ1) is 7.50. The monoisotopic (exact) mass is 317 g/mol. The smallest absolute Gasteiger partial charge is 0.138 e. The lowest BCUT2D eigenvalue weighted by molar-refractivity contribution is 0.102. The van der Waals surface area contributed by atoms with Crippen molar-refractivity contribution in [2.75, 3.05) is 0 Å². The lowest BCUT2D eigenvalue weighted by Crippen LogP contribution is -2.22. The highest BCUT2D eigenvalue weighted by Gasteiger charge is 2.28. The number of halogens is 2. The molecule has 0 spiro atoms. The molecule has 2 nitrogen and oxygen atoms in total. The number of nitrogens with zero attached hydrogens (tertiary/aromatic N) is 1. The lowest BCUT2D eigenvalue weighted by Gasteiger charge is -2.21. The second-order valence-electron chi connectivity index (χ2n) is 3.55. The van der Waals surface area contributed by atoms with Crippen LogP contribution in [0.15, 0.2) is 34.2 Å². The van der Waals surface area contributed by atoms with Crippen LogP contribution >= 0.6 is 38.9 Å². The minimum absolute atomic E-state index is 0.653. The summed E-state index contributed by atoms with van der Waals surface area (Å²) in [5.74, 6) is 0. The Hall–Kier alpha value is -0.420. The minimum Gasteiger partial charge on any atom is -0.378 e. The van der Waals surface area contributed by atoms with E-state index in [9.17, 15) is 5.11 Å². The van der Waals surface area contributed by atoms with Gasteiger partial charge in [-0.15, -0.1) is 11.3 Å². The number of thiazole rings is 1. The van der Waals surface area contributed by atoms with E-state index in [1.165, 1.54) is 11.3 Å². The highest BCUT2D eigenvalue weighted by molar-refractivity contribution is 9.10. The summed E-state index contributed by atoms with van der Waals surface area (Å²) >= 11 is 10.5. The Labute approximate surface area is 111 Å². The van der Waals surface area contributed by atoms with Crippen LogP contribution in [0.2, 0.25) is 5.02 Å². The fourth-order valence-corrected chi connectivity index (χ4v) is 2.84. The minimum atomic E-state index is -1.08. The number of hydrogen-bond acceptors (Lipinski definition) is 3. The van der Waals surface area contributed by atoms with E-state index in [0.717, 1.165) is 10.2 Å². The first-order valence-corrected chi connectivity index (χ1v) is 6.65. The van der Waals surface area contributed by atoms with Crippen molar-refractivity contribution in [3.63, 3.8) is 0 Å². The summed E-state index contributed by atoms with van der Waals surface area (Å²) in [5, 5.41) is 13.6. The van der Waals surface area contributed by atoms with Gasteiger partial charge in [0, 0.05) is 10.4 Å². The van der Waals surface area contributed by atoms with Crippen molar-refractivity contribution in [3.05, 3.63) is 49.8 Å². The van der Waals surface area contributed by atoms with Gasteiger partial charge in [-0.3, -0.25) is 0 Å². The molecule has 0 aliphatic carbocycles. The van der Waals surface area contributed by atoms with Gasteiger partial charge in [-0.25, -0.2) is 4.98 Å². The summed E-state index contributed by atoms with van der Waals surface area (Å²) in [6.45, 7) is 1.72. The molecule has 0 radical (unpaired) electrons. The molecule has 0 aliphatic rings. The Morgan fingerprint density at radius 2 is 2.00 bits per heavy atom. The number of benzene rings is 1. The standard InChI is InChI=1S/C11H9BrClNOS/c1-11(15,10-14-9(12)6-16-10)7-2-4-8(13)5-3-7/h2-6,15H,1H3. The average Bonchev–Trinajstić information content (AvgIpc) is 2.66. The summed E-state index contributed by atoms with van der Waals surface area (Å²) in [6.07, 6.45) is 0. The van der Waals surface area contributed by atoms with Crippen LogP contribution in [0.1, 0.15) is 17.5 Å². The molecule has 0 amide bonds. The second kappa shape index (κ2) is 4.45. The third kappa shape index (κ3) is 2.30. The molecule has 0 aliphatic heterocycles. The van der Waals surface area contributed by atoms with Gasteiger partial charge in [0.25, 0.3) is 0 Å². The SMILES string of the molecule is CC(O)(c1ccc(Cl)cc1)c1nc(Br)cs1. The maximum atomic E-state index is 10.4. The van der Waals surface area contributed by atoms with Crippen LogP contribution in [0.5, 0.6) is 0 Å². The lowest BCUT2D eigenvalue weighted by atomic mass is 9.97. The predicted octanol–water partition coefficient (Wildman–Crippen LogP) is 3.81. The van der Waals surface area contributed by atoms with E-state index in [4.69, 9.17) is 11.6 Å². The average molecular weight is 319 g/mol. The van der Waals surface area contributed by atoms with Crippen molar-refractivity contribution in [3.8, 4) is 0 Å². The topological polar surface area (TPSA) is 33.1 Å². The van der Waals surface area contributed by atoms with Crippen LogP contribution < -0.4 is 0 Å². The van der Waals surface area contributed by atoms with Gasteiger partial charge >= 0.3 is 0 Å². The molecular weight excluding hydrogens is 310 g/mol. The van der Waals surface area contributed by atoms with E-state index in [2.05, 4.69) is 20.9 Å². The van der Waals surface area contributed by atoms with Crippen LogP contribution in [-0.4, -0.2) is 10.1 Å². The Bertz CT molecular complexity index is 495. The van der Waals surface area contributed by atoms with E-state index in [1.54, 1.807) is 31.2 Å². The fraction of sp³-hybridized carbons (Fsp3) is 0.182. The predicted molar refractivity (Wildman–Crippen MR) is 69.9 cm³/mol. The zero-order chi connectivity index (χ0) is 11.8. The van der Waals surface area contributed by atoms with Crippen LogP contribution in [0.4, 0.5) is 0 Å². The first-order valence-electron chi connectivity index (χ1n) is 4.60. The van der Waals surface area contributed by atoms with E-state index >= 15 is 0 Å². The molecule has 2 rings (SSSR count). The van der Waals surface area contributed by atoms with Crippen molar-refractivity contribution < 1.29 is 5.11 Å². The third-order valence-electron chi connectivity index (χ3n) is 2.30. The van der Waals surface area contributed by atoms with Crippen LogP contribution in [-0.2, 0) is 5.60 Å². The maximum Gasteiger partial charge on any atom is 0.138 e. The van der Waals surface area contributed by atoms with Crippen molar-refractivity contribution in [2.24, 2.45) is 0 Å². The van der Waals surface area contributed by atoms with Gasteiger partial charge in [-0.05, 0) is 40.5 Å². The molecule has 1 unspecified atom stereocenters. The molecule has 84 valence electrons. The molecule has 16 heavy (non-hydrogen) atoms. The largest absolute Gasteiger partial charge is 0.378 e. The van der Waals surface area contributed by atoms with Gasteiger partial charge < -0.3 is 5.11 Å². The number of aliphatic hydroxyl groups is 1. The summed E-state index contributed by atoms with van der Waals surface area (Å²) < 4.78 is 0.738. The van der Waals surface area contributed by atoms with Gasteiger partial charge in [0.2, 0.25) is 0 Å². The normalized spacial score (nSPS) is 14.8. The number of hydrogen-bond donors (Lipinski definition) is 1. The van der Waals surface area contributed by atoms with E-state index in [-0.39, 0.29) is 0 Å². The molecule has 5 heteroatoms. The second-order valence-corrected chi connectivity index (χ2v) is 5.66. The van der Waals surface area contributed by atoms with E-state index in [1.807, 2.05) is 5.38 Å². The molecule has 0 bridgehead atoms. The Kier molecular flexibility index (Phi) is 3.35. The van der Waals surface area contributed by atoms with Gasteiger partial charge in [-0.2, -0.15) is 0 Å². The highest BCUT2D eigenvalue weighted by Crippen LogP contribution is 2.32. The van der Waals surface area contributed by atoms with E-state index < -0.39 is 5.60 Å². The molecule has 1 N–H and O–H groups in total. The molecule has 0 saturated carbocycles. The zero-order valence-corrected chi connectivity index (χ0v) is 11.6. The van der Waals surface area contributed by atoms with Gasteiger partial charge in [0.15, 0.2) is 0 Å². The van der Waals surface area contributed by atoms with Crippen LogP contribution in [0.25, 0.3) is 0 Å². The van der Waals surface area contributed by atoms with Crippen LogP contribution in [0, 0.1) is 0 Å². The first kappa shape index (κ1) is 12.0. The summed E-state index contributed by atoms with van der Waals surface area (Å²) in [7, 11) is 0. The number of aromatic nitrogens is 1. The molecule has 1 aromatic carbocycles. The highest BCUT2D eigenvalue weighted by atomic mass is 79.9. The van der Waals surface area contributed by atoms with Gasteiger partial charge in [0.1, 0.15) is 15.2 Å². The van der Waals surface area contributed by atoms with Crippen molar-refractivity contribution in [1.29, 1.82) is 0 Å². The summed E-state index contributed by atoms with van der Waals surface area (Å²) in [5.41, 5.74) is -0.305. The molecule has 2 aromatic rings. The van der Waals surface area contributed by atoms with Gasteiger partial charge in [0.05, 0.1) is 0 Å². The molecular formula is C11H9BrClNOS. The van der Waals surface area contributed by atoms with Crippen molar-refractivity contribution >= 4 is 38.9 Å². The summed E-state index contributed by atoms with van der Waals surface area (Å²) in [6, 6.07) is 7.12. The molecule has 0 fully saturated rings. The molecule has 1 aromatic heterocycles. The van der Waals surface area contributed by atoms with Crippen molar-refractivity contribution in [1.82, 2.24) is 4.98 Å². The summed E-state index contributed by atoms with van der Waals surface area (Å²) in [4.78, 5) is 4.23.